The number of ether oxygens (including phenoxy) is 4. The molecule has 0 aromatic rings. The Labute approximate surface area is 141 Å². The van der Waals surface area contributed by atoms with Gasteiger partial charge in [-0.05, 0) is 26.2 Å². The molecule has 0 aromatic carbocycles. The molecule has 0 aliphatic carbocycles. The number of esters is 1. The van der Waals surface area contributed by atoms with Crippen molar-refractivity contribution in [3.05, 3.63) is 0 Å². The number of unbranched alkanes of at least 4 members (excludes halogenated alkanes) is 3. The minimum Gasteiger partial charge on any atom is -0.458 e. The van der Waals surface area contributed by atoms with E-state index in [1.807, 2.05) is 6.92 Å². The van der Waals surface area contributed by atoms with Gasteiger partial charge in [0.05, 0.1) is 0 Å². The standard InChI is InChI=1S/C18H34O5/c1-5-8-11-20-15-14(4)23-18(19)17(22-13-10-7-3)16(15)21-12-9-6-2/h14-17H,5-13H2,1-4H3/t14?,15?,16?,17-/m0/s1. The van der Waals surface area contributed by atoms with Crippen molar-refractivity contribution < 1.29 is 23.7 Å². The SMILES string of the molecule is CCCCOC1C(C)OC(=O)[C@@H](OCCCC)C1OCCCC. The maximum atomic E-state index is 12.2. The molecule has 1 heterocycles. The van der Waals surface area contributed by atoms with Crippen LogP contribution in [0.25, 0.3) is 0 Å². The predicted octanol–water partition coefficient (Wildman–Crippen LogP) is 3.49. The molecule has 0 aromatic heterocycles. The Balaban J connectivity index is 2.73. The van der Waals surface area contributed by atoms with Gasteiger partial charge in [-0.3, -0.25) is 0 Å². The lowest BCUT2D eigenvalue weighted by Gasteiger charge is -2.39. The molecule has 1 saturated heterocycles. The zero-order chi connectivity index (χ0) is 17.1. The molecule has 5 heteroatoms. The third kappa shape index (κ3) is 6.77. The zero-order valence-electron chi connectivity index (χ0n) is 15.2. The van der Waals surface area contributed by atoms with Crippen LogP contribution in [0, 0.1) is 0 Å². The quantitative estimate of drug-likeness (QED) is 0.405. The second kappa shape index (κ2) is 11.8. The second-order valence-corrected chi connectivity index (χ2v) is 6.16. The van der Waals surface area contributed by atoms with Crippen LogP contribution in [0.2, 0.25) is 0 Å². The molecule has 5 nitrogen and oxygen atoms in total. The predicted molar refractivity (Wildman–Crippen MR) is 89.5 cm³/mol. The largest absolute Gasteiger partial charge is 0.458 e. The van der Waals surface area contributed by atoms with E-state index in [2.05, 4.69) is 20.8 Å². The fraction of sp³-hybridized carbons (Fsp3) is 0.944. The maximum absolute atomic E-state index is 12.2. The number of cyclic esters (lactones) is 1. The molecule has 0 spiro atoms. The molecule has 0 bridgehead atoms. The number of carbonyl (C=O) groups is 1. The molecular weight excluding hydrogens is 296 g/mol. The lowest BCUT2D eigenvalue weighted by Crippen LogP contribution is -2.58. The number of hydrogen-bond donors (Lipinski definition) is 0. The molecular formula is C18H34O5. The van der Waals surface area contributed by atoms with E-state index < -0.39 is 6.10 Å². The Kier molecular flexibility index (Phi) is 10.5. The van der Waals surface area contributed by atoms with Gasteiger partial charge in [-0.25, -0.2) is 4.79 Å². The van der Waals surface area contributed by atoms with Gasteiger partial charge >= 0.3 is 5.97 Å². The summed E-state index contributed by atoms with van der Waals surface area (Å²) in [5.74, 6) is -0.328. The van der Waals surface area contributed by atoms with Crippen LogP contribution in [0.5, 0.6) is 0 Å². The van der Waals surface area contributed by atoms with Crippen molar-refractivity contribution in [1.82, 2.24) is 0 Å². The summed E-state index contributed by atoms with van der Waals surface area (Å²) in [5, 5.41) is 0. The van der Waals surface area contributed by atoms with E-state index in [0.717, 1.165) is 38.5 Å². The molecule has 136 valence electrons. The highest BCUT2D eigenvalue weighted by Gasteiger charge is 2.46. The molecule has 0 N–H and O–H groups in total. The monoisotopic (exact) mass is 330 g/mol. The van der Waals surface area contributed by atoms with E-state index in [-0.39, 0.29) is 24.3 Å². The first-order chi connectivity index (χ1) is 11.2. The second-order valence-electron chi connectivity index (χ2n) is 6.16. The summed E-state index contributed by atoms with van der Waals surface area (Å²) in [6.45, 7) is 10.0. The Morgan fingerprint density at radius 2 is 1.30 bits per heavy atom. The Morgan fingerprint density at radius 3 is 1.83 bits per heavy atom. The van der Waals surface area contributed by atoms with Crippen LogP contribution in [0.1, 0.15) is 66.2 Å². The normalized spacial score (nSPS) is 27.9. The third-order valence-corrected chi connectivity index (χ3v) is 4.03. The van der Waals surface area contributed by atoms with Crippen molar-refractivity contribution in [2.45, 2.75) is 90.6 Å². The molecule has 1 aliphatic heterocycles. The van der Waals surface area contributed by atoms with E-state index in [9.17, 15) is 4.79 Å². The van der Waals surface area contributed by atoms with Crippen LogP contribution < -0.4 is 0 Å². The highest BCUT2D eigenvalue weighted by Crippen LogP contribution is 2.25. The highest BCUT2D eigenvalue weighted by molar-refractivity contribution is 5.76. The van der Waals surface area contributed by atoms with E-state index in [1.165, 1.54) is 0 Å². The minimum atomic E-state index is -0.679. The number of rotatable bonds is 12. The van der Waals surface area contributed by atoms with Crippen molar-refractivity contribution >= 4 is 5.97 Å². The summed E-state index contributed by atoms with van der Waals surface area (Å²) in [4.78, 5) is 12.2. The first-order valence-corrected chi connectivity index (χ1v) is 9.20. The number of hydrogen-bond acceptors (Lipinski definition) is 5. The van der Waals surface area contributed by atoms with Crippen LogP contribution in [-0.4, -0.2) is 50.2 Å². The first kappa shape index (κ1) is 20.4. The molecule has 3 unspecified atom stereocenters. The first-order valence-electron chi connectivity index (χ1n) is 9.20. The van der Waals surface area contributed by atoms with Crippen molar-refractivity contribution in [2.24, 2.45) is 0 Å². The van der Waals surface area contributed by atoms with Gasteiger partial charge in [0.25, 0.3) is 0 Å². The Bertz CT molecular complexity index is 321. The van der Waals surface area contributed by atoms with E-state index >= 15 is 0 Å². The average molecular weight is 330 g/mol. The van der Waals surface area contributed by atoms with E-state index in [0.29, 0.717) is 19.8 Å². The van der Waals surface area contributed by atoms with Gasteiger partial charge in [0.2, 0.25) is 0 Å². The van der Waals surface area contributed by atoms with Crippen molar-refractivity contribution in [2.75, 3.05) is 19.8 Å². The lowest BCUT2D eigenvalue weighted by atomic mass is 9.99. The van der Waals surface area contributed by atoms with Crippen LogP contribution in [-0.2, 0) is 23.7 Å². The van der Waals surface area contributed by atoms with Crippen molar-refractivity contribution in [3.8, 4) is 0 Å². The van der Waals surface area contributed by atoms with Crippen molar-refractivity contribution in [3.63, 3.8) is 0 Å². The summed E-state index contributed by atoms with van der Waals surface area (Å²) < 4.78 is 23.2. The Hall–Kier alpha value is -0.650. The van der Waals surface area contributed by atoms with E-state index in [4.69, 9.17) is 18.9 Å². The van der Waals surface area contributed by atoms with Crippen LogP contribution in [0.15, 0.2) is 0 Å². The summed E-state index contributed by atoms with van der Waals surface area (Å²) in [7, 11) is 0. The van der Waals surface area contributed by atoms with E-state index in [1.54, 1.807) is 0 Å². The highest BCUT2D eigenvalue weighted by atomic mass is 16.6. The Morgan fingerprint density at radius 1 is 0.826 bits per heavy atom. The fourth-order valence-corrected chi connectivity index (χ4v) is 2.55. The summed E-state index contributed by atoms with van der Waals surface area (Å²) >= 11 is 0. The third-order valence-electron chi connectivity index (χ3n) is 4.03. The molecule has 4 atom stereocenters. The van der Waals surface area contributed by atoms with Crippen LogP contribution in [0.3, 0.4) is 0 Å². The molecule has 1 fully saturated rings. The zero-order valence-corrected chi connectivity index (χ0v) is 15.2. The lowest BCUT2D eigenvalue weighted by molar-refractivity contribution is -0.225. The van der Waals surface area contributed by atoms with Gasteiger partial charge in [0, 0.05) is 19.8 Å². The minimum absolute atomic E-state index is 0.261. The van der Waals surface area contributed by atoms with Gasteiger partial charge in [-0.1, -0.05) is 40.0 Å². The van der Waals surface area contributed by atoms with Gasteiger partial charge in [0.1, 0.15) is 18.3 Å². The summed E-state index contributed by atoms with van der Waals surface area (Å²) in [6.07, 6.45) is 4.38. The van der Waals surface area contributed by atoms with Gasteiger partial charge in [0.15, 0.2) is 6.10 Å². The molecule has 0 saturated carbocycles. The maximum Gasteiger partial charge on any atom is 0.338 e. The smallest absolute Gasteiger partial charge is 0.338 e. The fourth-order valence-electron chi connectivity index (χ4n) is 2.55. The van der Waals surface area contributed by atoms with Crippen LogP contribution in [0.4, 0.5) is 0 Å². The average Bonchev–Trinajstić information content (AvgIpc) is 2.53. The summed E-state index contributed by atoms with van der Waals surface area (Å²) in [6, 6.07) is 0. The topological polar surface area (TPSA) is 54.0 Å². The van der Waals surface area contributed by atoms with Crippen LogP contribution >= 0.6 is 0 Å². The molecule has 0 amide bonds. The van der Waals surface area contributed by atoms with Gasteiger partial charge in [-0.2, -0.15) is 0 Å². The molecule has 1 aliphatic rings. The van der Waals surface area contributed by atoms with Crippen molar-refractivity contribution in [1.29, 1.82) is 0 Å². The summed E-state index contributed by atoms with van der Waals surface area (Å²) in [5.41, 5.74) is 0. The molecule has 1 rings (SSSR count). The number of carbonyl (C=O) groups excluding carboxylic acids is 1. The van der Waals surface area contributed by atoms with Gasteiger partial charge in [-0.15, -0.1) is 0 Å². The molecule has 23 heavy (non-hydrogen) atoms. The molecule has 0 radical (unpaired) electrons. The van der Waals surface area contributed by atoms with Gasteiger partial charge < -0.3 is 18.9 Å².